The third-order valence-electron chi connectivity index (χ3n) is 10.8. The number of aromatic nitrogens is 2. The molecule has 2 fully saturated rings. The zero-order valence-corrected chi connectivity index (χ0v) is 39.7. The van der Waals surface area contributed by atoms with Crippen molar-refractivity contribution in [3.8, 4) is 23.0 Å². The number of nitrogens with zero attached hydrogens (tertiary/aromatic N) is 2. The molecule has 0 bridgehead atoms. The Morgan fingerprint density at radius 2 is 0.894 bits per heavy atom. The van der Waals surface area contributed by atoms with Gasteiger partial charge >= 0.3 is 34.4 Å². The normalized spacial score (nSPS) is 16.2. The van der Waals surface area contributed by atoms with Crippen molar-refractivity contribution in [3.05, 3.63) is 180 Å². The van der Waals surface area contributed by atoms with Crippen molar-refractivity contribution in [2.24, 2.45) is 0 Å². The summed E-state index contributed by atoms with van der Waals surface area (Å²) < 4.78 is 85.4. The van der Waals surface area contributed by atoms with Crippen molar-refractivity contribution in [2.75, 3.05) is 39.6 Å². The summed E-state index contributed by atoms with van der Waals surface area (Å²) in [5, 5.41) is 10.5. The minimum absolute atomic E-state index is 0. The molecule has 8 rings (SSSR count). The number of aliphatic hydroxyl groups excluding tert-OH is 1. The first-order valence-electron chi connectivity index (χ1n) is 21.1. The predicted octanol–water partition coefficient (Wildman–Crippen LogP) is 6.85. The van der Waals surface area contributed by atoms with Crippen LogP contribution >= 0.6 is 0 Å². The monoisotopic (exact) mass is 1030 g/mol. The van der Waals surface area contributed by atoms with E-state index in [0.717, 1.165) is 31.3 Å². The Kier molecular flexibility index (Phi) is 17.9. The summed E-state index contributed by atoms with van der Waals surface area (Å²) in [5.74, 6) is 3.11. The summed E-state index contributed by atoms with van der Waals surface area (Å²) >= 11 is -9.19. The third kappa shape index (κ3) is 17.8. The van der Waals surface area contributed by atoms with Gasteiger partial charge in [0, 0.05) is 16.4 Å². The van der Waals surface area contributed by atoms with Crippen LogP contribution in [-0.4, -0.2) is 88.3 Å². The maximum atomic E-state index is 10.5. The maximum Gasteiger partial charge on any atom is 0.187 e. The first kappa shape index (κ1) is 51.6. The fraction of sp³-hybridized carbons (Fsp3) is 0.320. The summed E-state index contributed by atoms with van der Waals surface area (Å²) in [7, 11) is 0. The first-order chi connectivity index (χ1) is 30.8. The minimum atomic E-state index is -9.19. The molecule has 354 valence electrons. The van der Waals surface area contributed by atoms with Gasteiger partial charge in [-0.15, -0.1) is 0 Å². The molecule has 2 atom stereocenters. The fourth-order valence-corrected chi connectivity index (χ4v) is 6.59. The minimum Gasteiger partial charge on any atom is -0.252 e. The number of epoxide rings is 2. The van der Waals surface area contributed by atoms with Crippen LogP contribution in [0.15, 0.2) is 152 Å². The van der Waals surface area contributed by atoms with Gasteiger partial charge in [-0.2, -0.15) is 4.57 Å². The summed E-state index contributed by atoms with van der Waals surface area (Å²) in [5.41, 5.74) is 5.64. The zero-order chi connectivity index (χ0) is 46.5. The molecule has 6 aromatic rings. The SMILES string of the molecule is CC(C)(c1ccc(OCC(O)COc2ccc(C(C)(C)c3ccc(OCC4CO4)cc3)cc2)cc1)c1ccc(OCC2CO2)cc1.[F-].[F][Sb]([F])([F])([F])[F].c1ccc(C[n+]2ccncc2)cc1. The number of hydrogen-bond acceptors (Lipinski definition) is 8. The van der Waals surface area contributed by atoms with E-state index in [0.29, 0.717) is 24.7 Å². The van der Waals surface area contributed by atoms with Gasteiger partial charge in [-0.25, -0.2) is 0 Å². The molecular formula is C50H55F6N2O7Sb. The first-order valence-corrected chi connectivity index (χ1v) is 26.0. The number of ether oxygens (including phenoxy) is 6. The number of halogens is 6. The van der Waals surface area contributed by atoms with Gasteiger partial charge in [0.25, 0.3) is 0 Å². The van der Waals surface area contributed by atoms with E-state index in [1.807, 2.05) is 67.0 Å². The van der Waals surface area contributed by atoms with Crippen LogP contribution in [-0.2, 0) is 26.8 Å². The van der Waals surface area contributed by atoms with Crippen molar-refractivity contribution < 1.29 is 56.9 Å². The average molecular weight is 1030 g/mol. The van der Waals surface area contributed by atoms with E-state index in [1.54, 1.807) is 12.4 Å². The molecule has 1 N–H and O–H groups in total. The smallest absolute Gasteiger partial charge is 0.187 e. The third-order valence-corrected chi connectivity index (χ3v) is 10.8. The second kappa shape index (κ2) is 22.9. The van der Waals surface area contributed by atoms with E-state index in [9.17, 15) is 19.2 Å². The molecule has 2 unspecified atom stereocenters. The summed E-state index contributed by atoms with van der Waals surface area (Å²) in [6.45, 7) is 12.7. The number of hydrogen-bond donors (Lipinski definition) is 1. The Labute approximate surface area is 386 Å². The van der Waals surface area contributed by atoms with Crippen molar-refractivity contribution >= 4 is 20.3 Å². The predicted molar refractivity (Wildman–Crippen MR) is 239 cm³/mol. The molecule has 2 saturated heterocycles. The summed E-state index contributed by atoms with van der Waals surface area (Å²) in [4.78, 5) is 3.97. The Hall–Kier alpha value is -5.34. The van der Waals surface area contributed by atoms with Crippen LogP contribution in [0.1, 0.15) is 55.5 Å². The van der Waals surface area contributed by atoms with E-state index in [-0.39, 0.29) is 41.0 Å². The molecule has 66 heavy (non-hydrogen) atoms. The quantitative estimate of drug-likeness (QED) is 0.0433. The summed E-state index contributed by atoms with van der Waals surface area (Å²) in [6, 6.07) is 42.9. The van der Waals surface area contributed by atoms with Crippen molar-refractivity contribution in [3.63, 3.8) is 0 Å². The molecule has 2 aliphatic rings. The largest absolute Gasteiger partial charge is 0.252 e. The van der Waals surface area contributed by atoms with Crippen LogP contribution in [0.2, 0.25) is 0 Å². The van der Waals surface area contributed by atoms with Gasteiger partial charge in [0.05, 0.1) is 25.6 Å². The van der Waals surface area contributed by atoms with Gasteiger partial charge in [-0.05, 0) is 70.8 Å². The summed E-state index contributed by atoms with van der Waals surface area (Å²) in [6.07, 6.45) is 7.23. The second-order valence-corrected chi connectivity index (χ2v) is 20.3. The van der Waals surface area contributed by atoms with Crippen molar-refractivity contribution in [1.82, 2.24) is 4.98 Å². The van der Waals surface area contributed by atoms with Crippen LogP contribution in [0, 0.1) is 0 Å². The van der Waals surface area contributed by atoms with E-state index in [2.05, 4.69) is 110 Å². The Bertz CT molecular complexity index is 2180. The van der Waals surface area contributed by atoms with E-state index in [1.165, 1.54) is 27.8 Å². The zero-order valence-electron chi connectivity index (χ0n) is 37.1. The van der Waals surface area contributed by atoms with Crippen LogP contribution < -0.4 is 28.2 Å². The van der Waals surface area contributed by atoms with Gasteiger partial charge in [-0.3, -0.25) is 4.98 Å². The van der Waals surface area contributed by atoms with E-state index >= 15 is 0 Å². The van der Waals surface area contributed by atoms with Gasteiger partial charge in [0.15, 0.2) is 18.9 Å². The van der Waals surface area contributed by atoms with Gasteiger partial charge < -0.3 is 38.2 Å². The molecule has 16 heteroatoms. The molecule has 5 aromatic carbocycles. The van der Waals surface area contributed by atoms with Crippen molar-refractivity contribution in [1.29, 1.82) is 0 Å². The molecular weight excluding hydrogens is 976 g/mol. The molecule has 0 aliphatic carbocycles. The molecule has 2 aliphatic heterocycles. The van der Waals surface area contributed by atoms with Crippen LogP contribution in [0.3, 0.4) is 0 Å². The number of rotatable bonds is 18. The van der Waals surface area contributed by atoms with Gasteiger partial charge in [-0.1, -0.05) is 107 Å². The fourth-order valence-electron chi connectivity index (χ4n) is 6.59. The van der Waals surface area contributed by atoms with Crippen LogP contribution in [0.25, 0.3) is 0 Å². The molecule has 0 amide bonds. The van der Waals surface area contributed by atoms with Crippen molar-refractivity contribution in [2.45, 2.75) is 63.4 Å². The molecule has 0 saturated carbocycles. The van der Waals surface area contributed by atoms with Gasteiger partial charge in [0.2, 0.25) is 0 Å². The molecule has 9 nitrogen and oxygen atoms in total. The second-order valence-electron chi connectivity index (χ2n) is 16.7. The Morgan fingerprint density at radius 1 is 0.576 bits per heavy atom. The number of benzene rings is 5. The maximum absolute atomic E-state index is 10.5. The Morgan fingerprint density at radius 3 is 1.21 bits per heavy atom. The van der Waals surface area contributed by atoms with Crippen LogP contribution in [0.4, 0.5) is 14.1 Å². The average Bonchev–Trinajstić information content (AvgIpc) is 4.24. The standard InChI is InChI=1S/C39H44O7.C11H11N2.6FH.Sb/c1-38(2,29-9-17-34(18-10-29)43-23-36-25-45-36)27-5-13-32(14-6-27)41-21-31(40)22-42-33-15-7-28(8-16-33)39(3,4)30-11-19-35(20-12-30)44-24-37-26-46-37;1-2-4-11(5-3-1)10-13-8-6-12-7-9-13;;;;;;;/h5-20,31,36-37,40H,21-26H2,1-4H3;1-9H,10H2;6*1H;/q;+1;;;;;;;+5/p-6. The van der Waals surface area contributed by atoms with E-state index in [4.69, 9.17) is 28.4 Å². The topological polar surface area (TPSA) is 99.0 Å². The molecule has 1 aromatic heterocycles. The molecule has 0 radical (unpaired) electrons. The van der Waals surface area contributed by atoms with Crippen LogP contribution in [0.5, 0.6) is 23.0 Å². The van der Waals surface area contributed by atoms with E-state index < -0.39 is 26.4 Å². The Balaban J connectivity index is 0.000000338. The molecule has 0 spiro atoms. The number of aliphatic hydroxyl groups is 1. The van der Waals surface area contributed by atoms with Gasteiger partial charge in [0.1, 0.15) is 67.7 Å². The molecule has 3 heterocycles.